The molecule has 4 N–H and O–H groups in total. The summed E-state index contributed by atoms with van der Waals surface area (Å²) in [5.41, 5.74) is 0.0183. The number of primary sulfonamides is 1. The Bertz CT molecular complexity index is 1180. The highest BCUT2D eigenvalue weighted by Crippen LogP contribution is 2.37. The topological polar surface area (TPSA) is 140 Å². The Hall–Kier alpha value is -2.31. The van der Waals surface area contributed by atoms with Crippen LogP contribution in [0.3, 0.4) is 0 Å². The molecule has 0 fully saturated rings. The molecule has 0 radical (unpaired) electrons. The lowest BCUT2D eigenvalue weighted by atomic mass is 10.3. The van der Waals surface area contributed by atoms with Gasteiger partial charge in [0.15, 0.2) is 0 Å². The summed E-state index contributed by atoms with van der Waals surface area (Å²) in [6, 6.07) is 14.4. The molecule has 0 spiro atoms. The van der Waals surface area contributed by atoms with Crippen LogP contribution in [0.1, 0.15) is 5.76 Å². The van der Waals surface area contributed by atoms with Gasteiger partial charge in [0.2, 0.25) is 10.0 Å². The first-order chi connectivity index (χ1) is 13.1. The van der Waals surface area contributed by atoms with Gasteiger partial charge in [-0.2, -0.15) is 8.42 Å². The van der Waals surface area contributed by atoms with E-state index in [2.05, 4.69) is 5.32 Å². The van der Waals surface area contributed by atoms with Gasteiger partial charge in [0.05, 0.1) is 23.4 Å². The van der Waals surface area contributed by atoms with Crippen LogP contribution in [0, 0.1) is 0 Å². The number of hydrogen-bond donors (Lipinski definition) is 3. The molecule has 0 atom stereocenters. The molecule has 3 rings (SSSR count). The van der Waals surface area contributed by atoms with E-state index in [4.69, 9.17) is 9.56 Å². The second-order valence-electron chi connectivity index (χ2n) is 5.66. The van der Waals surface area contributed by atoms with Crippen LogP contribution in [0.15, 0.2) is 84.9 Å². The van der Waals surface area contributed by atoms with Crippen molar-refractivity contribution in [3.63, 3.8) is 0 Å². The van der Waals surface area contributed by atoms with Crippen LogP contribution in [-0.4, -0.2) is 21.4 Å². The lowest BCUT2D eigenvalue weighted by Gasteiger charge is -2.15. The molecule has 148 valence electrons. The average molecular weight is 441 g/mol. The summed E-state index contributed by atoms with van der Waals surface area (Å²) in [6.07, 6.45) is 1.46. The van der Waals surface area contributed by atoms with Crippen molar-refractivity contribution in [1.29, 1.82) is 0 Å². The Morgan fingerprint density at radius 1 is 1.00 bits per heavy atom. The number of furan rings is 1. The highest BCUT2D eigenvalue weighted by Gasteiger charge is 2.24. The highest BCUT2D eigenvalue weighted by molar-refractivity contribution is 8.00. The second-order valence-corrected chi connectivity index (χ2v) is 9.70. The molecule has 0 amide bonds. The Kier molecular flexibility index (Phi) is 5.82. The Balaban J connectivity index is 2.12. The van der Waals surface area contributed by atoms with Gasteiger partial charge in [0.1, 0.15) is 10.7 Å². The predicted octanol–water partition coefficient (Wildman–Crippen LogP) is 2.94. The van der Waals surface area contributed by atoms with Gasteiger partial charge in [0, 0.05) is 9.79 Å². The molecular weight excluding hydrogens is 424 g/mol. The van der Waals surface area contributed by atoms with E-state index in [1.54, 1.807) is 36.4 Å². The first-order valence-electron chi connectivity index (χ1n) is 7.82. The van der Waals surface area contributed by atoms with Crippen LogP contribution in [0.4, 0.5) is 5.69 Å². The zero-order chi connectivity index (χ0) is 20.4. The molecule has 1 heterocycles. The number of sulfonamides is 1. The van der Waals surface area contributed by atoms with Crippen molar-refractivity contribution in [3.8, 4) is 0 Å². The summed E-state index contributed by atoms with van der Waals surface area (Å²) in [4.78, 5) is -0.0648. The summed E-state index contributed by atoms with van der Waals surface area (Å²) < 4.78 is 62.4. The summed E-state index contributed by atoms with van der Waals surface area (Å²) in [5, 5.41) is 8.12. The van der Waals surface area contributed by atoms with Gasteiger partial charge in [-0.15, -0.1) is 0 Å². The van der Waals surface area contributed by atoms with Crippen LogP contribution in [0.5, 0.6) is 0 Å². The lowest BCUT2D eigenvalue weighted by molar-refractivity contribution is 0.482. The van der Waals surface area contributed by atoms with Gasteiger partial charge >= 0.3 is 0 Å². The molecule has 28 heavy (non-hydrogen) atoms. The van der Waals surface area contributed by atoms with Crippen molar-refractivity contribution in [3.05, 3.63) is 66.6 Å². The van der Waals surface area contributed by atoms with Crippen molar-refractivity contribution in [2.75, 3.05) is 5.32 Å². The predicted molar refractivity (Wildman–Crippen MR) is 104 cm³/mol. The van der Waals surface area contributed by atoms with E-state index in [0.717, 1.165) is 22.7 Å². The van der Waals surface area contributed by atoms with Gasteiger partial charge in [-0.1, -0.05) is 30.0 Å². The van der Waals surface area contributed by atoms with E-state index in [1.807, 2.05) is 6.07 Å². The minimum Gasteiger partial charge on any atom is -0.467 e. The third kappa shape index (κ3) is 4.94. The van der Waals surface area contributed by atoms with Crippen LogP contribution in [0.25, 0.3) is 0 Å². The molecule has 0 aliphatic carbocycles. The molecule has 0 unspecified atom stereocenters. The highest BCUT2D eigenvalue weighted by atomic mass is 32.2. The quantitative estimate of drug-likeness (QED) is 0.477. The van der Waals surface area contributed by atoms with Gasteiger partial charge in [-0.25, -0.2) is 13.6 Å². The summed E-state index contributed by atoms with van der Waals surface area (Å²) in [5.74, 6) is 0.522. The van der Waals surface area contributed by atoms with Gasteiger partial charge < -0.3 is 9.73 Å². The van der Waals surface area contributed by atoms with Crippen LogP contribution in [0.2, 0.25) is 0 Å². The maximum Gasteiger partial charge on any atom is 0.296 e. The first kappa shape index (κ1) is 20.4. The van der Waals surface area contributed by atoms with Crippen LogP contribution < -0.4 is 10.5 Å². The summed E-state index contributed by atoms with van der Waals surface area (Å²) in [7, 11) is -8.97. The van der Waals surface area contributed by atoms with Gasteiger partial charge in [0.25, 0.3) is 10.1 Å². The number of rotatable bonds is 7. The van der Waals surface area contributed by atoms with E-state index in [-0.39, 0.29) is 17.1 Å². The molecular formula is C17H16N2O6S3. The largest absolute Gasteiger partial charge is 0.467 e. The Labute approximate surface area is 166 Å². The first-order valence-corrected chi connectivity index (χ1v) is 11.6. The molecule has 8 nitrogen and oxygen atoms in total. The molecule has 0 saturated carbocycles. The normalized spacial score (nSPS) is 12.1. The number of nitrogens with one attached hydrogen (secondary N) is 1. The van der Waals surface area contributed by atoms with E-state index in [1.165, 1.54) is 12.3 Å². The monoisotopic (exact) mass is 440 g/mol. The summed E-state index contributed by atoms with van der Waals surface area (Å²) >= 11 is 1.10. The molecule has 0 saturated heterocycles. The Morgan fingerprint density at radius 2 is 1.71 bits per heavy atom. The fourth-order valence-corrected chi connectivity index (χ4v) is 5.13. The number of nitrogens with two attached hydrogens (primary N) is 1. The average Bonchev–Trinajstić information content (AvgIpc) is 3.12. The number of anilines is 1. The van der Waals surface area contributed by atoms with Crippen LogP contribution >= 0.6 is 11.8 Å². The minimum absolute atomic E-state index is 0.0183. The summed E-state index contributed by atoms with van der Waals surface area (Å²) in [6.45, 7) is 0.125. The van der Waals surface area contributed by atoms with Gasteiger partial charge in [-0.3, -0.25) is 4.55 Å². The van der Waals surface area contributed by atoms with Gasteiger partial charge in [-0.05, 0) is 36.4 Å². The molecule has 2 aromatic carbocycles. The zero-order valence-electron chi connectivity index (χ0n) is 14.3. The van der Waals surface area contributed by atoms with Crippen molar-refractivity contribution in [2.24, 2.45) is 5.14 Å². The van der Waals surface area contributed by atoms with Crippen LogP contribution in [-0.2, 0) is 26.7 Å². The van der Waals surface area contributed by atoms with Crippen molar-refractivity contribution >= 4 is 37.6 Å². The molecule has 3 aromatic rings. The lowest BCUT2D eigenvalue weighted by Crippen LogP contribution is -2.16. The maximum absolute atomic E-state index is 12.0. The fraction of sp³-hybridized carbons (Fsp3) is 0.0588. The van der Waals surface area contributed by atoms with Crippen molar-refractivity contribution in [2.45, 2.75) is 26.1 Å². The van der Waals surface area contributed by atoms with E-state index < -0.39 is 29.9 Å². The minimum atomic E-state index is -4.72. The molecule has 0 aliphatic heterocycles. The van der Waals surface area contributed by atoms with Crippen molar-refractivity contribution < 1.29 is 25.8 Å². The second kappa shape index (κ2) is 7.97. The van der Waals surface area contributed by atoms with E-state index in [0.29, 0.717) is 5.76 Å². The maximum atomic E-state index is 12.0. The zero-order valence-corrected chi connectivity index (χ0v) is 16.7. The third-order valence-corrected chi connectivity index (χ3v) is 6.67. The number of benzene rings is 2. The Morgan fingerprint density at radius 3 is 2.29 bits per heavy atom. The smallest absolute Gasteiger partial charge is 0.296 e. The number of hydrogen-bond acceptors (Lipinski definition) is 7. The van der Waals surface area contributed by atoms with Crippen molar-refractivity contribution in [1.82, 2.24) is 0 Å². The van der Waals surface area contributed by atoms with E-state index in [9.17, 15) is 21.4 Å². The standard InChI is InChI=1S/C17H16N2O6S3/c18-27(20,21)17-10-16(28(22,23)24)14(19-11-12-5-4-8-25-12)9-15(17)26-13-6-2-1-3-7-13/h1-10,19H,11H2,(H2,18,20,21)(H,22,23,24). The molecule has 1 aromatic heterocycles. The third-order valence-electron chi connectivity index (χ3n) is 3.63. The fourth-order valence-electron chi connectivity index (χ4n) is 2.41. The molecule has 0 aliphatic rings. The van der Waals surface area contributed by atoms with E-state index >= 15 is 0 Å². The molecule has 0 bridgehead atoms. The SMILES string of the molecule is NS(=O)(=O)c1cc(S(=O)(=O)O)c(NCc2ccco2)cc1Sc1ccccc1. The molecule has 11 heteroatoms.